The summed E-state index contributed by atoms with van der Waals surface area (Å²) in [6.07, 6.45) is -4.14. The number of nitrogens with one attached hydrogen (secondary N) is 1. The molecule has 3 aromatic heterocycles. The molecule has 0 radical (unpaired) electrons. The lowest BCUT2D eigenvalue weighted by Crippen LogP contribution is -2.48. The van der Waals surface area contributed by atoms with Gasteiger partial charge in [0.1, 0.15) is 28.6 Å². The van der Waals surface area contributed by atoms with E-state index in [1.165, 1.54) is 12.4 Å². The summed E-state index contributed by atoms with van der Waals surface area (Å²) in [6.45, 7) is 5.08. The molecule has 0 unspecified atom stereocenters. The van der Waals surface area contributed by atoms with Gasteiger partial charge in [0.25, 0.3) is 5.91 Å². The molecule has 0 atom stereocenters. The van der Waals surface area contributed by atoms with Crippen molar-refractivity contribution in [2.45, 2.75) is 26.1 Å². The van der Waals surface area contributed by atoms with Gasteiger partial charge >= 0.3 is 6.18 Å². The predicted octanol–water partition coefficient (Wildman–Crippen LogP) is 4.42. The van der Waals surface area contributed by atoms with Crippen LogP contribution in [0, 0.1) is 18.3 Å². The topological polar surface area (TPSA) is 88.9 Å². The minimum atomic E-state index is -4.32. The Hall–Kier alpha value is -3.49. The number of aryl methyl sites for hydroxylation is 1. The van der Waals surface area contributed by atoms with Crippen molar-refractivity contribution in [1.82, 2.24) is 24.8 Å². The van der Waals surface area contributed by atoms with Crippen LogP contribution in [0.25, 0.3) is 21.1 Å². The number of aromatic nitrogens is 3. The fourth-order valence-electron chi connectivity index (χ4n) is 4.49. The average molecular weight is 499 g/mol. The number of hydrogen-bond acceptors (Lipinski definition) is 6. The maximum absolute atomic E-state index is 13.2. The first-order valence-electron chi connectivity index (χ1n) is 11.0. The second kappa shape index (κ2) is 8.94. The van der Waals surface area contributed by atoms with Gasteiger partial charge in [-0.3, -0.25) is 9.69 Å². The summed E-state index contributed by atoms with van der Waals surface area (Å²) in [7, 11) is 0. The molecule has 1 amide bonds. The number of benzene rings is 1. The lowest BCUT2D eigenvalue weighted by molar-refractivity contribution is -0.126. The van der Waals surface area contributed by atoms with Gasteiger partial charge in [-0.15, -0.1) is 11.3 Å². The third-order valence-corrected chi connectivity index (χ3v) is 7.36. The van der Waals surface area contributed by atoms with Crippen LogP contribution in [0.4, 0.5) is 13.2 Å². The highest BCUT2D eigenvalue weighted by Crippen LogP contribution is 2.31. The number of thiophene rings is 1. The van der Waals surface area contributed by atoms with Crippen LogP contribution in [-0.2, 0) is 13.0 Å². The van der Waals surface area contributed by atoms with E-state index in [4.69, 9.17) is 5.26 Å². The molecule has 1 aliphatic heterocycles. The first kappa shape index (κ1) is 23.3. The molecule has 0 saturated carbocycles. The number of halogens is 3. The monoisotopic (exact) mass is 498 g/mol. The molecule has 1 aromatic carbocycles. The van der Waals surface area contributed by atoms with E-state index in [1.807, 2.05) is 19.1 Å². The van der Waals surface area contributed by atoms with E-state index in [0.29, 0.717) is 42.1 Å². The zero-order valence-corrected chi connectivity index (χ0v) is 19.6. The van der Waals surface area contributed by atoms with E-state index < -0.39 is 12.6 Å². The third kappa shape index (κ3) is 4.72. The number of rotatable bonds is 4. The number of alkyl halides is 3. The summed E-state index contributed by atoms with van der Waals surface area (Å²) in [5.74, 6) is -0.289. The molecule has 1 saturated heterocycles. The number of nitrogens with zero attached hydrogens (tertiary/aromatic N) is 5. The second-order valence-corrected chi connectivity index (χ2v) is 9.74. The van der Waals surface area contributed by atoms with Crippen LogP contribution < -0.4 is 0 Å². The summed E-state index contributed by atoms with van der Waals surface area (Å²) >= 11 is 0.939. The van der Waals surface area contributed by atoms with Crippen molar-refractivity contribution in [1.29, 1.82) is 5.26 Å². The summed E-state index contributed by atoms with van der Waals surface area (Å²) in [4.78, 5) is 28.9. The lowest BCUT2D eigenvalue weighted by Gasteiger charge is -2.35. The molecule has 5 rings (SSSR count). The Morgan fingerprint density at radius 1 is 1.17 bits per heavy atom. The van der Waals surface area contributed by atoms with Gasteiger partial charge < -0.3 is 9.88 Å². The molecule has 1 aliphatic rings. The summed E-state index contributed by atoms with van der Waals surface area (Å²) in [5, 5.41) is 10.5. The number of carbonyl (C=O) groups excluding carboxylic acids is 1. The van der Waals surface area contributed by atoms with E-state index in [2.05, 4.69) is 32.0 Å². The SMILES string of the molecule is Cc1c(CN2CCN(C(=O)c3ncnc4sc(CC(F)(F)F)cc34)CC2)ccc2[nH]c(C#N)cc12. The van der Waals surface area contributed by atoms with E-state index in [9.17, 15) is 18.0 Å². The number of nitriles is 1. The van der Waals surface area contributed by atoms with Gasteiger partial charge in [0.15, 0.2) is 0 Å². The van der Waals surface area contributed by atoms with Crippen molar-refractivity contribution < 1.29 is 18.0 Å². The maximum atomic E-state index is 13.2. The summed E-state index contributed by atoms with van der Waals surface area (Å²) < 4.78 is 38.4. The van der Waals surface area contributed by atoms with Crippen LogP contribution in [0.5, 0.6) is 0 Å². The van der Waals surface area contributed by atoms with Crippen molar-refractivity contribution in [3.8, 4) is 6.07 Å². The van der Waals surface area contributed by atoms with E-state index in [-0.39, 0.29) is 16.5 Å². The van der Waals surface area contributed by atoms with Gasteiger partial charge in [0.05, 0.1) is 6.42 Å². The standard InChI is InChI=1S/C24H21F3N6OS/c1-14-15(2-3-20-18(14)8-16(11-28)31-20)12-32-4-6-33(7-5-32)23(34)21-19-9-17(10-24(25,26)27)35-22(19)30-13-29-21/h2-3,8-9,13,31H,4-7,10,12H2,1H3. The maximum Gasteiger partial charge on any atom is 0.393 e. The number of piperazine rings is 1. The van der Waals surface area contributed by atoms with E-state index >= 15 is 0 Å². The minimum absolute atomic E-state index is 0.114. The molecule has 4 aromatic rings. The number of H-pyrrole nitrogens is 1. The molecule has 4 heterocycles. The van der Waals surface area contributed by atoms with Gasteiger partial charge in [-0.2, -0.15) is 18.4 Å². The molecule has 1 N–H and O–H groups in total. The highest BCUT2D eigenvalue weighted by molar-refractivity contribution is 7.18. The summed E-state index contributed by atoms with van der Waals surface area (Å²) in [5.41, 5.74) is 3.89. The predicted molar refractivity (Wildman–Crippen MR) is 126 cm³/mol. The fraction of sp³-hybridized carbons (Fsp3) is 0.333. The quantitative estimate of drug-likeness (QED) is 0.450. The van der Waals surface area contributed by atoms with Crippen molar-refractivity contribution in [2.24, 2.45) is 0 Å². The number of hydrogen-bond donors (Lipinski definition) is 1. The van der Waals surface area contributed by atoms with Crippen LogP contribution >= 0.6 is 11.3 Å². The molecule has 11 heteroatoms. The second-order valence-electron chi connectivity index (χ2n) is 8.62. The Labute approximate surface area is 202 Å². The van der Waals surface area contributed by atoms with Crippen LogP contribution in [0.1, 0.15) is 32.2 Å². The molecular weight excluding hydrogens is 477 g/mol. The first-order chi connectivity index (χ1) is 16.7. The van der Waals surface area contributed by atoms with Crippen molar-refractivity contribution in [3.05, 3.63) is 58.0 Å². The van der Waals surface area contributed by atoms with Crippen LogP contribution in [0.2, 0.25) is 0 Å². The Morgan fingerprint density at radius 2 is 1.94 bits per heavy atom. The van der Waals surface area contributed by atoms with Gasteiger partial charge in [-0.25, -0.2) is 9.97 Å². The van der Waals surface area contributed by atoms with Crippen LogP contribution in [-0.4, -0.2) is 63.0 Å². The molecule has 7 nitrogen and oxygen atoms in total. The number of fused-ring (bicyclic) bond motifs is 2. The zero-order chi connectivity index (χ0) is 24.7. The van der Waals surface area contributed by atoms with Gasteiger partial charge in [-0.1, -0.05) is 6.07 Å². The molecule has 0 spiro atoms. The number of amides is 1. The van der Waals surface area contributed by atoms with Crippen LogP contribution in [0.15, 0.2) is 30.6 Å². The molecule has 0 bridgehead atoms. The Balaban J connectivity index is 1.27. The molecule has 1 fully saturated rings. The largest absolute Gasteiger partial charge is 0.393 e. The highest BCUT2D eigenvalue weighted by atomic mass is 32.1. The van der Waals surface area contributed by atoms with E-state index in [1.54, 1.807) is 4.90 Å². The average Bonchev–Trinajstić information content (AvgIpc) is 3.43. The normalized spacial score (nSPS) is 15.1. The molecule has 180 valence electrons. The number of carbonyl (C=O) groups is 1. The molecular formula is C24H21F3N6OS. The van der Waals surface area contributed by atoms with Gasteiger partial charge in [0.2, 0.25) is 0 Å². The van der Waals surface area contributed by atoms with Crippen molar-refractivity contribution in [3.63, 3.8) is 0 Å². The highest BCUT2D eigenvalue weighted by Gasteiger charge is 2.30. The smallest absolute Gasteiger partial charge is 0.346 e. The minimum Gasteiger partial charge on any atom is -0.346 e. The molecule has 35 heavy (non-hydrogen) atoms. The van der Waals surface area contributed by atoms with Crippen molar-refractivity contribution >= 4 is 38.4 Å². The van der Waals surface area contributed by atoms with Crippen LogP contribution in [0.3, 0.4) is 0 Å². The van der Waals surface area contributed by atoms with Gasteiger partial charge in [-0.05, 0) is 36.2 Å². The zero-order valence-electron chi connectivity index (χ0n) is 18.8. The first-order valence-corrected chi connectivity index (χ1v) is 11.9. The summed E-state index contributed by atoms with van der Waals surface area (Å²) in [6, 6.07) is 9.41. The van der Waals surface area contributed by atoms with Crippen molar-refractivity contribution in [2.75, 3.05) is 26.2 Å². The third-order valence-electron chi connectivity index (χ3n) is 6.32. The number of aromatic amines is 1. The lowest BCUT2D eigenvalue weighted by atomic mass is 10.0. The van der Waals surface area contributed by atoms with Gasteiger partial charge in [0, 0.05) is 53.9 Å². The Kier molecular flexibility index (Phi) is 5.94. The van der Waals surface area contributed by atoms with E-state index in [0.717, 1.165) is 39.9 Å². The fourth-order valence-corrected chi connectivity index (χ4v) is 5.51. The molecule has 0 aliphatic carbocycles. The Bertz CT molecular complexity index is 1460. The Morgan fingerprint density at radius 3 is 2.66 bits per heavy atom.